The fourth-order valence-electron chi connectivity index (χ4n) is 3.81. The van der Waals surface area contributed by atoms with Crippen LogP contribution in [0.25, 0.3) is 10.9 Å². The summed E-state index contributed by atoms with van der Waals surface area (Å²) in [6, 6.07) is 11.8. The van der Waals surface area contributed by atoms with Gasteiger partial charge >= 0.3 is 0 Å². The van der Waals surface area contributed by atoms with Crippen LogP contribution >= 0.6 is 11.6 Å². The highest BCUT2D eigenvalue weighted by atomic mass is 35.5. The Morgan fingerprint density at radius 1 is 1.08 bits per heavy atom. The number of nitriles is 1. The first-order valence-electron chi connectivity index (χ1n) is 11.0. The van der Waals surface area contributed by atoms with Crippen LogP contribution in [-0.2, 0) is 6.42 Å². The van der Waals surface area contributed by atoms with Crippen LogP contribution in [0.2, 0.25) is 5.02 Å². The van der Waals surface area contributed by atoms with Gasteiger partial charge in [-0.05, 0) is 41.8 Å². The van der Waals surface area contributed by atoms with Crippen molar-refractivity contribution in [2.75, 3.05) is 5.32 Å². The normalized spacial score (nSPS) is 13.1. The Morgan fingerprint density at radius 3 is 2.58 bits per heavy atom. The van der Waals surface area contributed by atoms with E-state index in [1.165, 1.54) is 36.7 Å². The number of rotatable bonds is 6. The Kier molecular flexibility index (Phi) is 5.89. The summed E-state index contributed by atoms with van der Waals surface area (Å²) < 4.78 is 50.0. The third-order valence-electron chi connectivity index (χ3n) is 5.47. The minimum absolute atomic E-state index is 0.0454. The minimum Gasteiger partial charge on any atom is -0.352 e. The highest BCUT2D eigenvalue weighted by molar-refractivity contribution is 6.35. The van der Waals surface area contributed by atoms with E-state index in [2.05, 4.69) is 30.7 Å². The molecule has 36 heavy (non-hydrogen) atoms. The van der Waals surface area contributed by atoms with Gasteiger partial charge in [0.25, 0.3) is 0 Å². The van der Waals surface area contributed by atoms with Gasteiger partial charge in [-0.1, -0.05) is 23.7 Å². The van der Waals surface area contributed by atoms with E-state index >= 15 is 0 Å². The van der Waals surface area contributed by atoms with E-state index in [1.54, 1.807) is 12.1 Å². The first-order chi connectivity index (χ1) is 17.8. The lowest BCUT2D eigenvalue weighted by Gasteiger charge is -2.17. The number of hydrogen-bond donors (Lipinski definition) is 2. The van der Waals surface area contributed by atoms with Crippen molar-refractivity contribution < 1.29 is 14.5 Å². The highest BCUT2D eigenvalue weighted by Crippen LogP contribution is 2.36. The number of halogens is 4. The topological polar surface area (TPSA) is 103 Å². The minimum atomic E-state index is -1.48. The summed E-state index contributed by atoms with van der Waals surface area (Å²) in [7, 11) is 0. The monoisotopic (exact) mass is 506 g/mol. The Labute approximate surface area is 209 Å². The van der Waals surface area contributed by atoms with Gasteiger partial charge in [-0.2, -0.15) is 25.1 Å². The molecule has 1 atom stereocenters. The summed E-state index contributed by atoms with van der Waals surface area (Å²) in [5.74, 6) is -4.34. The number of fused-ring (bicyclic) bond motifs is 1. The average Bonchev–Trinajstić information content (AvgIpc) is 3.43. The highest BCUT2D eigenvalue weighted by Gasteiger charge is 2.20. The molecule has 11 heteroatoms. The fourth-order valence-corrected chi connectivity index (χ4v) is 4.10. The van der Waals surface area contributed by atoms with Crippen LogP contribution in [0.1, 0.15) is 29.6 Å². The molecule has 3 heterocycles. The molecule has 0 fully saturated rings. The van der Waals surface area contributed by atoms with Crippen molar-refractivity contribution in [3.63, 3.8) is 0 Å². The predicted octanol–water partition coefficient (Wildman–Crippen LogP) is 5.81. The van der Waals surface area contributed by atoms with E-state index in [0.29, 0.717) is 27.7 Å². The number of pyridine rings is 2. The molecular formula is C25H15ClF3N7. The lowest BCUT2D eigenvalue weighted by molar-refractivity contribution is 0.480. The molecule has 0 amide bonds. The van der Waals surface area contributed by atoms with Crippen LogP contribution in [0.4, 0.5) is 24.5 Å². The number of aromatic nitrogens is 5. The average molecular weight is 507 g/mol. The maximum absolute atomic E-state index is 13.8. The van der Waals surface area contributed by atoms with E-state index in [0.717, 1.165) is 12.3 Å². The number of nitrogens with one attached hydrogen (secondary N) is 2. The second-order valence-electron chi connectivity index (χ2n) is 7.77. The molecule has 0 saturated heterocycles. The number of hydrogen-bond acceptors (Lipinski definition) is 6. The van der Waals surface area contributed by atoms with Crippen LogP contribution in [0.15, 0.2) is 61.1 Å². The second-order valence-corrected chi connectivity index (χ2v) is 8.18. The summed E-state index contributed by atoms with van der Waals surface area (Å²) >= 11 is 6.56. The summed E-state index contributed by atoms with van der Waals surface area (Å²) in [5.41, 5.74) is 2.16. The molecule has 0 bridgehead atoms. The molecule has 0 unspecified atom stereocenters. The number of aromatic amines is 1. The molecular weight excluding hydrogens is 491 g/mol. The summed E-state index contributed by atoms with van der Waals surface area (Å²) in [6.07, 6.45) is 3.86. The summed E-state index contributed by atoms with van der Waals surface area (Å²) in [5, 5.41) is 23.7. The van der Waals surface area contributed by atoms with Crippen molar-refractivity contribution in [1.82, 2.24) is 25.4 Å². The number of benzene rings is 2. The van der Waals surface area contributed by atoms with Gasteiger partial charge in [0.1, 0.15) is 11.9 Å². The fraction of sp³-hybridized carbons (Fsp3) is 0.0800. The molecule has 0 radical (unpaired) electrons. The Hall–Kier alpha value is -4.49. The maximum atomic E-state index is 13.8. The van der Waals surface area contributed by atoms with E-state index < -0.39 is 23.5 Å². The van der Waals surface area contributed by atoms with Crippen LogP contribution in [0.3, 0.4) is 0 Å². The Bertz CT molecular complexity index is 1660. The third kappa shape index (κ3) is 4.56. The van der Waals surface area contributed by atoms with Gasteiger partial charge in [0.2, 0.25) is 5.95 Å². The molecule has 2 aromatic carbocycles. The van der Waals surface area contributed by atoms with E-state index in [1.807, 2.05) is 6.07 Å². The van der Waals surface area contributed by atoms with Gasteiger partial charge in [0.15, 0.2) is 5.82 Å². The lowest BCUT2D eigenvalue weighted by atomic mass is 9.89. The molecule has 178 valence electrons. The van der Waals surface area contributed by atoms with E-state index in [9.17, 15) is 19.8 Å². The van der Waals surface area contributed by atoms with Gasteiger partial charge in [0.05, 0.1) is 45.6 Å². The molecule has 0 aliphatic rings. The van der Waals surface area contributed by atoms with Crippen molar-refractivity contribution in [1.29, 1.82) is 5.26 Å². The van der Waals surface area contributed by atoms with E-state index in [-0.39, 0.29) is 28.4 Å². The van der Waals surface area contributed by atoms with Crippen molar-refractivity contribution in [3.8, 4) is 6.07 Å². The quantitative estimate of drug-likeness (QED) is 0.282. The van der Waals surface area contributed by atoms with Crippen molar-refractivity contribution in [3.05, 3.63) is 106 Å². The number of anilines is 2. The maximum Gasteiger partial charge on any atom is 0.249 e. The van der Waals surface area contributed by atoms with Gasteiger partial charge in [-0.25, -0.2) is 13.8 Å². The predicted molar refractivity (Wildman–Crippen MR) is 127 cm³/mol. The standard InChI is InChI=1S/C25H15ClF3N7/c26-20-7-13(5-18(22-12-33-36-35-22)14-1-3-16(27)4-2-14)6-19-23(15(9-30)10-31-24(19)20)34-17-8-21(28)25(29)32-11-17/h1-4,6-8,10-12,18H,5H2,(H,31,34)(H,33,35,36)/t18-/m1/s1/i18D. The molecule has 0 saturated carbocycles. The van der Waals surface area contributed by atoms with Gasteiger partial charge in [0, 0.05) is 24.9 Å². The van der Waals surface area contributed by atoms with Crippen LogP contribution < -0.4 is 5.32 Å². The molecule has 0 aliphatic carbocycles. The molecule has 5 rings (SSSR count). The first kappa shape index (κ1) is 22.0. The molecule has 0 spiro atoms. The van der Waals surface area contributed by atoms with Crippen molar-refractivity contribution in [2.24, 2.45) is 0 Å². The molecule has 0 aliphatic heterocycles. The third-order valence-corrected chi connectivity index (χ3v) is 5.76. The largest absolute Gasteiger partial charge is 0.352 e. The zero-order chi connectivity index (χ0) is 26.2. The Balaban J connectivity index is 1.65. The van der Waals surface area contributed by atoms with Crippen LogP contribution in [-0.4, -0.2) is 25.4 Å². The Morgan fingerprint density at radius 2 is 1.89 bits per heavy atom. The summed E-state index contributed by atoms with van der Waals surface area (Å²) in [4.78, 5) is 7.65. The van der Waals surface area contributed by atoms with Gasteiger partial charge in [-0.15, -0.1) is 0 Å². The summed E-state index contributed by atoms with van der Waals surface area (Å²) in [6.45, 7) is 0. The SMILES string of the molecule is [2H][C@@](Cc1cc(Cl)c2ncc(C#N)c(Nc3cnc(F)c(F)c3)c2c1)(c1ccc(F)cc1)c1cn[nH]n1. The van der Waals surface area contributed by atoms with Crippen molar-refractivity contribution in [2.45, 2.75) is 12.3 Å². The first-order valence-corrected chi connectivity index (χ1v) is 10.9. The van der Waals surface area contributed by atoms with E-state index in [4.69, 9.17) is 11.6 Å². The zero-order valence-electron chi connectivity index (χ0n) is 19.2. The van der Waals surface area contributed by atoms with Crippen molar-refractivity contribution >= 4 is 33.9 Å². The molecule has 3 aromatic heterocycles. The van der Waals surface area contributed by atoms with Gasteiger partial charge in [-0.3, -0.25) is 4.98 Å². The smallest absolute Gasteiger partial charge is 0.249 e. The van der Waals surface area contributed by atoms with Crippen LogP contribution in [0.5, 0.6) is 0 Å². The molecule has 5 aromatic rings. The number of nitrogens with zero attached hydrogens (tertiary/aromatic N) is 5. The second kappa shape index (κ2) is 9.64. The van der Waals surface area contributed by atoms with Gasteiger partial charge < -0.3 is 5.32 Å². The zero-order valence-corrected chi connectivity index (χ0v) is 19.0. The number of H-pyrrole nitrogens is 1. The molecule has 7 nitrogen and oxygen atoms in total. The lowest BCUT2D eigenvalue weighted by Crippen LogP contribution is -2.07. The molecule has 2 N–H and O–H groups in total. The van der Waals surface area contributed by atoms with Crippen LogP contribution in [0, 0.1) is 28.9 Å².